The van der Waals surface area contributed by atoms with Gasteiger partial charge >= 0.3 is 6.03 Å². The van der Waals surface area contributed by atoms with Gasteiger partial charge in [0.25, 0.3) is 72.5 Å². The second-order valence-electron chi connectivity index (χ2n) is 14.9. The van der Waals surface area contributed by atoms with Crippen LogP contribution in [0, 0.1) is 0 Å². The Morgan fingerprint density at radius 3 is 1.03 bits per heavy atom. The van der Waals surface area contributed by atoms with Crippen LogP contribution in [0.15, 0.2) is 114 Å². The van der Waals surface area contributed by atoms with Crippen molar-refractivity contribution in [2.24, 2.45) is 0 Å². The summed E-state index contributed by atoms with van der Waals surface area (Å²) in [5.74, 6) is -2.21. The maximum Gasteiger partial charge on any atom is 0.323 e. The van der Waals surface area contributed by atoms with E-state index in [1.807, 2.05) is 0 Å². The summed E-state index contributed by atoms with van der Waals surface area (Å²) in [6.07, 6.45) is 0. The first-order valence-corrected chi connectivity index (χ1v) is 27.8. The van der Waals surface area contributed by atoms with Crippen LogP contribution < -0.4 is 21.3 Å². The Hall–Kier alpha value is -6.57. The molecule has 0 radical (unpaired) electrons. The van der Waals surface area contributed by atoms with Gasteiger partial charge in [0.15, 0.2) is 0 Å². The zero-order chi connectivity index (χ0) is 53.7. The van der Waals surface area contributed by atoms with Gasteiger partial charge in [-0.3, -0.25) is 36.9 Å². The molecule has 33 heteroatoms. The average molecular weight is 1120 g/mol. The Kier molecular flexibility index (Phi) is 15.1. The molecule has 0 aliphatic rings. The molecule has 4 amide bonds. The number of methoxy groups -OCH3 is 2. The number of rotatable bonds is 16. The number of benzene rings is 6. The van der Waals surface area contributed by atoms with Gasteiger partial charge in [0.05, 0.1) is 34.4 Å². The lowest BCUT2D eigenvalue weighted by molar-refractivity contribution is 0.101. The van der Waals surface area contributed by atoms with Crippen molar-refractivity contribution in [2.45, 2.75) is 42.6 Å². The number of ether oxygens (including phenoxy) is 2. The fourth-order valence-corrected chi connectivity index (χ4v) is 11.1. The molecule has 0 aliphatic heterocycles. The summed E-state index contributed by atoms with van der Waals surface area (Å²) in [5, 5.41) is 6.13. The molecular weight excluding hydrogens is 1080 g/mol. The van der Waals surface area contributed by atoms with E-state index in [1.165, 1.54) is 38.5 Å². The van der Waals surface area contributed by atoms with E-state index in [9.17, 15) is 92.2 Å². The highest BCUT2D eigenvalue weighted by Crippen LogP contribution is 2.39. The zero-order valence-corrected chi connectivity index (χ0v) is 41.0. The Labute approximate surface area is 407 Å². The van der Waals surface area contributed by atoms with E-state index < -0.39 is 141 Å². The molecule has 384 valence electrons. The number of carbonyl (C=O) groups excluding carboxylic acids is 3. The number of fused-ring (bicyclic) bond motifs is 2. The van der Waals surface area contributed by atoms with Crippen LogP contribution in [0.1, 0.15) is 31.8 Å². The number of hydrogen-bond donors (Lipinski definition) is 10. The average Bonchev–Trinajstić information content (AvgIpc) is 3.24. The van der Waals surface area contributed by atoms with Crippen LogP contribution in [0.2, 0.25) is 0 Å². The SMILES string of the molecule is COCc1ccc(C(=O)Nc2ccc(S(=O)(=O)O)c3cc(S(=O)(=O)O)cc(S(=O)(=O)O)c23)cc1NC(=O)Nc1cc(C(=O)Nc2ccc(S(=O)(=O)O)c3cc(S(=O)(=O)O)cc(S(=O)(=O)O)c23)ccc1COC. The molecule has 0 heterocycles. The molecule has 0 bridgehead atoms. The second kappa shape index (κ2) is 19.8. The van der Waals surface area contributed by atoms with Crippen LogP contribution in [0.5, 0.6) is 0 Å². The maximum atomic E-state index is 13.8. The largest absolute Gasteiger partial charge is 0.380 e. The normalized spacial score (nSPS) is 12.7. The third kappa shape index (κ3) is 12.0. The maximum absolute atomic E-state index is 13.8. The zero-order valence-electron chi connectivity index (χ0n) is 36.1. The summed E-state index contributed by atoms with van der Waals surface area (Å²) in [5.41, 5.74) is -1.56. The summed E-state index contributed by atoms with van der Waals surface area (Å²) >= 11 is 0. The summed E-state index contributed by atoms with van der Waals surface area (Å²) in [6.45, 7) is -0.401. The van der Waals surface area contributed by atoms with E-state index in [-0.39, 0.29) is 59.0 Å². The van der Waals surface area contributed by atoms with E-state index in [4.69, 9.17) is 9.47 Å². The Morgan fingerprint density at radius 1 is 0.403 bits per heavy atom. The molecule has 0 aromatic heterocycles. The van der Waals surface area contributed by atoms with Crippen molar-refractivity contribution in [3.63, 3.8) is 0 Å². The molecule has 10 N–H and O–H groups in total. The van der Waals surface area contributed by atoms with Gasteiger partial charge in [-0.05, 0) is 72.8 Å². The van der Waals surface area contributed by atoms with Crippen molar-refractivity contribution >= 4 is 123 Å². The third-order valence-corrected chi connectivity index (χ3v) is 15.3. The number of amides is 4. The molecule has 0 unspecified atom stereocenters. The van der Waals surface area contributed by atoms with Crippen LogP contribution in [0.4, 0.5) is 27.5 Å². The third-order valence-electron chi connectivity index (χ3n) is 10.1. The summed E-state index contributed by atoms with van der Waals surface area (Å²) in [7, 11) is -29.5. The van der Waals surface area contributed by atoms with Crippen LogP contribution in [-0.2, 0) is 83.4 Å². The topological polar surface area (TPSA) is 444 Å². The minimum Gasteiger partial charge on any atom is -0.380 e. The molecule has 0 aliphatic carbocycles. The quantitative estimate of drug-likeness (QED) is 0.0614. The molecule has 0 atom stereocenters. The number of hydrogen-bond acceptors (Lipinski definition) is 17. The van der Waals surface area contributed by atoms with Crippen molar-refractivity contribution in [3.8, 4) is 0 Å². The first-order valence-electron chi connectivity index (χ1n) is 19.1. The van der Waals surface area contributed by atoms with Crippen LogP contribution in [-0.4, -0.2) is 110 Å². The predicted octanol–water partition coefficient (Wildman–Crippen LogP) is 3.91. The Morgan fingerprint density at radius 2 is 0.736 bits per heavy atom. The lowest BCUT2D eigenvalue weighted by atomic mass is 10.1. The smallest absolute Gasteiger partial charge is 0.323 e. The monoisotopic (exact) mass is 1120 g/mol. The molecule has 0 fully saturated rings. The van der Waals surface area contributed by atoms with Gasteiger partial charge in [0.1, 0.15) is 19.6 Å². The standard InChI is InChI=1S/C39H34N4O23S6/c1-65-17-21-5-3-19(37(44)40-27-7-9-31(69(53,54)55)25-13-23(67(47,48)49)15-33(35(25)27)71(59,60)61)11-29(21)42-39(46)43-30-12-20(4-6-22(30)18-66-2)38(45)41-28-8-10-32(70(56,57)58)26-14-24(68(50,51)52)16-34(36(26)28)72(62,63)64/h3-16H,17-18H2,1-2H3,(H,40,44)(H,41,45)(H2,42,43,46)(H,47,48,49)(H,50,51,52)(H,53,54,55)(H,56,57,58)(H,59,60,61)(H,62,63,64). The van der Waals surface area contributed by atoms with Gasteiger partial charge in [-0.1, -0.05) is 12.1 Å². The number of urea groups is 1. The van der Waals surface area contributed by atoms with Crippen molar-refractivity contribution in [1.82, 2.24) is 0 Å². The molecule has 27 nitrogen and oxygen atoms in total. The first kappa shape index (κ1) is 54.8. The first-order chi connectivity index (χ1) is 33.1. The molecular formula is C39H34N4O23S6. The molecule has 0 saturated carbocycles. The van der Waals surface area contributed by atoms with E-state index in [0.717, 1.165) is 24.3 Å². The van der Waals surface area contributed by atoms with Gasteiger partial charge < -0.3 is 30.7 Å². The molecule has 72 heavy (non-hydrogen) atoms. The number of carbonyl (C=O) groups is 3. The lowest BCUT2D eigenvalue weighted by Crippen LogP contribution is -2.22. The van der Waals surface area contributed by atoms with Crippen LogP contribution in [0.25, 0.3) is 21.5 Å². The minimum absolute atomic E-state index is 0.126. The van der Waals surface area contributed by atoms with E-state index in [0.29, 0.717) is 24.3 Å². The lowest BCUT2D eigenvalue weighted by Gasteiger charge is -2.17. The molecule has 6 rings (SSSR count). The van der Waals surface area contributed by atoms with E-state index in [2.05, 4.69) is 21.3 Å². The highest BCUT2D eigenvalue weighted by Gasteiger charge is 2.30. The van der Waals surface area contributed by atoms with Gasteiger partial charge in [0, 0.05) is 69.4 Å². The Balaban J connectivity index is 1.35. The van der Waals surface area contributed by atoms with Gasteiger partial charge in [-0.2, -0.15) is 50.5 Å². The van der Waals surface area contributed by atoms with Crippen molar-refractivity contribution in [1.29, 1.82) is 0 Å². The molecule has 0 saturated heterocycles. The van der Waals surface area contributed by atoms with Gasteiger partial charge in [-0.15, -0.1) is 0 Å². The summed E-state index contributed by atoms with van der Waals surface area (Å²) in [4.78, 5) is 34.0. The predicted molar refractivity (Wildman–Crippen MR) is 250 cm³/mol. The fourth-order valence-electron chi connectivity index (χ4n) is 7.05. The van der Waals surface area contributed by atoms with E-state index in [1.54, 1.807) is 0 Å². The van der Waals surface area contributed by atoms with Crippen LogP contribution >= 0.6 is 0 Å². The Bertz CT molecular complexity index is 3760. The van der Waals surface area contributed by atoms with Crippen LogP contribution in [0.3, 0.4) is 0 Å². The van der Waals surface area contributed by atoms with Crippen molar-refractivity contribution in [2.75, 3.05) is 35.5 Å². The van der Waals surface area contributed by atoms with E-state index >= 15 is 0 Å². The molecule has 6 aromatic rings. The fraction of sp³-hybridized carbons (Fsp3) is 0.103. The van der Waals surface area contributed by atoms with Crippen molar-refractivity contribution in [3.05, 3.63) is 107 Å². The second-order valence-corrected chi connectivity index (χ2v) is 23.3. The number of nitrogens with one attached hydrogen (secondary N) is 4. The number of anilines is 4. The highest BCUT2D eigenvalue weighted by molar-refractivity contribution is 7.88. The molecule has 0 spiro atoms. The summed E-state index contributed by atoms with van der Waals surface area (Å²) < 4.78 is 217. The summed E-state index contributed by atoms with van der Waals surface area (Å²) in [6, 6.07) is 10.5. The van der Waals surface area contributed by atoms with Gasteiger partial charge in [0.2, 0.25) is 0 Å². The van der Waals surface area contributed by atoms with Gasteiger partial charge in [-0.25, -0.2) is 4.79 Å². The van der Waals surface area contributed by atoms with Crippen molar-refractivity contribution < 1.29 is 102 Å². The highest BCUT2D eigenvalue weighted by atomic mass is 32.2. The molecule has 6 aromatic carbocycles. The minimum atomic E-state index is -5.49.